The van der Waals surface area contributed by atoms with Crippen molar-refractivity contribution >= 4 is 27.5 Å². The van der Waals surface area contributed by atoms with Crippen LogP contribution in [0, 0.1) is 5.41 Å². The van der Waals surface area contributed by atoms with E-state index in [9.17, 15) is 13.2 Å². The van der Waals surface area contributed by atoms with E-state index in [1.54, 1.807) is 0 Å². The molecule has 4 nitrogen and oxygen atoms in total. The van der Waals surface area contributed by atoms with Gasteiger partial charge in [-0.1, -0.05) is 13.8 Å². The molecular formula is C13H23NO3S2. The van der Waals surface area contributed by atoms with Gasteiger partial charge in [-0.2, -0.15) is 0 Å². The minimum absolute atomic E-state index is 0.0528. The summed E-state index contributed by atoms with van der Waals surface area (Å²) in [5.41, 5.74) is 0.338. The van der Waals surface area contributed by atoms with Crippen LogP contribution < -0.4 is 5.32 Å². The molecule has 2 atom stereocenters. The van der Waals surface area contributed by atoms with E-state index in [4.69, 9.17) is 0 Å². The fourth-order valence-corrected chi connectivity index (χ4v) is 6.37. The first-order valence-corrected chi connectivity index (χ1v) is 9.74. The second kappa shape index (κ2) is 5.64. The average Bonchev–Trinajstić information content (AvgIpc) is 2.78. The Labute approximate surface area is 120 Å². The molecule has 1 amide bonds. The number of sulfone groups is 1. The molecule has 2 fully saturated rings. The molecule has 1 N–H and O–H groups in total. The third-order valence-electron chi connectivity index (χ3n) is 3.97. The van der Waals surface area contributed by atoms with E-state index in [1.807, 2.05) is 0 Å². The minimum atomic E-state index is -2.83. The molecular weight excluding hydrogens is 282 g/mol. The Bertz CT molecular complexity index is 445. The summed E-state index contributed by atoms with van der Waals surface area (Å²) in [6.45, 7) is 4.47. The smallest absolute Gasteiger partial charge is 0.230 e. The summed E-state index contributed by atoms with van der Waals surface area (Å²) in [7, 11) is -2.83. The van der Waals surface area contributed by atoms with Crippen LogP contribution in [-0.4, -0.2) is 42.9 Å². The highest BCUT2D eigenvalue weighted by molar-refractivity contribution is 8.02. The van der Waals surface area contributed by atoms with Gasteiger partial charge in [-0.05, 0) is 31.1 Å². The quantitative estimate of drug-likeness (QED) is 0.857. The molecule has 19 heavy (non-hydrogen) atoms. The summed E-state index contributed by atoms with van der Waals surface area (Å²) in [6, 6.07) is 0.301. The van der Waals surface area contributed by atoms with E-state index in [0.717, 1.165) is 19.3 Å². The van der Waals surface area contributed by atoms with Crippen LogP contribution in [0.15, 0.2) is 0 Å². The van der Waals surface area contributed by atoms with E-state index >= 15 is 0 Å². The molecule has 1 aliphatic heterocycles. The van der Waals surface area contributed by atoms with Gasteiger partial charge in [0.05, 0.1) is 17.3 Å². The van der Waals surface area contributed by atoms with Crippen LogP contribution in [-0.2, 0) is 14.6 Å². The van der Waals surface area contributed by atoms with Crippen molar-refractivity contribution in [2.24, 2.45) is 5.41 Å². The standard InChI is InChI=1S/C13H23NO3S2/c1-13(2)5-3-10(7-13)14-12(15)8-18-11-4-6-19(16,17)9-11/h10-11H,3-9H2,1-2H3,(H,14,15). The third-order valence-corrected chi connectivity index (χ3v) is 7.26. The van der Waals surface area contributed by atoms with Gasteiger partial charge in [0.1, 0.15) is 0 Å². The molecule has 6 heteroatoms. The summed E-state index contributed by atoms with van der Waals surface area (Å²) in [5.74, 6) is 0.957. The van der Waals surface area contributed by atoms with Crippen molar-refractivity contribution in [3.63, 3.8) is 0 Å². The molecule has 0 radical (unpaired) electrons. The molecule has 2 rings (SSSR count). The lowest BCUT2D eigenvalue weighted by Gasteiger charge is -2.18. The maximum atomic E-state index is 11.8. The van der Waals surface area contributed by atoms with E-state index in [-0.39, 0.29) is 22.7 Å². The Balaban J connectivity index is 1.68. The number of rotatable bonds is 4. The van der Waals surface area contributed by atoms with Gasteiger partial charge >= 0.3 is 0 Å². The first-order valence-electron chi connectivity index (χ1n) is 6.87. The molecule has 0 aromatic carbocycles. The Hall–Kier alpha value is -0.230. The van der Waals surface area contributed by atoms with E-state index in [2.05, 4.69) is 19.2 Å². The Kier molecular flexibility index (Phi) is 4.50. The van der Waals surface area contributed by atoms with Crippen LogP contribution in [0.2, 0.25) is 0 Å². The van der Waals surface area contributed by atoms with Crippen LogP contribution in [0.3, 0.4) is 0 Å². The maximum Gasteiger partial charge on any atom is 0.230 e. The molecule has 0 aromatic heterocycles. The zero-order chi connectivity index (χ0) is 14.1. The Morgan fingerprint density at radius 1 is 1.37 bits per heavy atom. The Morgan fingerprint density at radius 3 is 2.63 bits per heavy atom. The number of hydrogen-bond acceptors (Lipinski definition) is 4. The van der Waals surface area contributed by atoms with Gasteiger partial charge in [-0.3, -0.25) is 4.79 Å². The van der Waals surface area contributed by atoms with Crippen molar-refractivity contribution in [1.29, 1.82) is 0 Å². The van der Waals surface area contributed by atoms with Gasteiger partial charge < -0.3 is 5.32 Å². The molecule has 110 valence electrons. The first-order chi connectivity index (χ1) is 8.76. The van der Waals surface area contributed by atoms with Gasteiger partial charge in [0.15, 0.2) is 9.84 Å². The number of carbonyl (C=O) groups excluding carboxylic acids is 1. The highest BCUT2D eigenvalue weighted by Gasteiger charge is 2.32. The van der Waals surface area contributed by atoms with E-state index in [1.165, 1.54) is 11.8 Å². The number of nitrogens with one attached hydrogen (secondary N) is 1. The van der Waals surface area contributed by atoms with Crippen molar-refractivity contribution < 1.29 is 13.2 Å². The van der Waals surface area contributed by atoms with Gasteiger partial charge in [-0.15, -0.1) is 11.8 Å². The molecule has 0 bridgehead atoms. The number of carbonyl (C=O) groups is 1. The number of thioether (sulfide) groups is 1. The molecule has 0 spiro atoms. The molecule has 2 unspecified atom stereocenters. The number of amides is 1. The predicted molar refractivity (Wildman–Crippen MR) is 79.1 cm³/mol. The normalized spacial score (nSPS) is 32.3. The van der Waals surface area contributed by atoms with Crippen molar-refractivity contribution in [3.05, 3.63) is 0 Å². The van der Waals surface area contributed by atoms with Crippen molar-refractivity contribution in [2.75, 3.05) is 17.3 Å². The van der Waals surface area contributed by atoms with Gasteiger partial charge in [0, 0.05) is 11.3 Å². The zero-order valence-electron chi connectivity index (χ0n) is 11.6. The SMILES string of the molecule is CC1(C)CCC(NC(=O)CSC2CCS(=O)(=O)C2)C1. The van der Waals surface area contributed by atoms with Crippen molar-refractivity contribution in [1.82, 2.24) is 5.32 Å². The lowest BCUT2D eigenvalue weighted by atomic mass is 9.92. The monoisotopic (exact) mass is 305 g/mol. The third kappa shape index (κ3) is 4.67. The minimum Gasteiger partial charge on any atom is -0.353 e. The van der Waals surface area contributed by atoms with Crippen molar-refractivity contribution in [2.45, 2.75) is 50.8 Å². The molecule has 1 heterocycles. The lowest BCUT2D eigenvalue weighted by molar-refractivity contribution is -0.119. The maximum absolute atomic E-state index is 11.8. The van der Waals surface area contributed by atoms with Crippen LogP contribution >= 0.6 is 11.8 Å². The highest BCUT2D eigenvalue weighted by atomic mass is 32.2. The largest absolute Gasteiger partial charge is 0.353 e. The Morgan fingerprint density at radius 2 is 2.11 bits per heavy atom. The second-order valence-electron chi connectivity index (χ2n) is 6.51. The van der Waals surface area contributed by atoms with Crippen LogP contribution in [0.25, 0.3) is 0 Å². The fourth-order valence-electron chi connectivity index (χ4n) is 2.91. The van der Waals surface area contributed by atoms with Crippen LogP contribution in [0.5, 0.6) is 0 Å². The molecule has 1 saturated carbocycles. The van der Waals surface area contributed by atoms with Gasteiger partial charge in [-0.25, -0.2) is 8.42 Å². The summed E-state index contributed by atoms with van der Waals surface area (Å²) in [5, 5.41) is 3.18. The fraction of sp³-hybridized carbons (Fsp3) is 0.923. The van der Waals surface area contributed by atoms with E-state index in [0.29, 0.717) is 23.6 Å². The summed E-state index contributed by atoms with van der Waals surface area (Å²) < 4.78 is 22.6. The van der Waals surface area contributed by atoms with Crippen LogP contribution in [0.4, 0.5) is 0 Å². The van der Waals surface area contributed by atoms with E-state index < -0.39 is 9.84 Å². The topological polar surface area (TPSA) is 63.2 Å². The van der Waals surface area contributed by atoms with Crippen LogP contribution in [0.1, 0.15) is 39.5 Å². The second-order valence-corrected chi connectivity index (χ2v) is 10.0. The molecule has 1 aliphatic carbocycles. The zero-order valence-corrected chi connectivity index (χ0v) is 13.3. The highest BCUT2D eigenvalue weighted by Crippen LogP contribution is 2.36. The average molecular weight is 305 g/mol. The summed E-state index contributed by atoms with van der Waals surface area (Å²) >= 11 is 1.49. The predicted octanol–water partition coefficient (Wildman–Crippen LogP) is 1.60. The van der Waals surface area contributed by atoms with Crippen molar-refractivity contribution in [3.8, 4) is 0 Å². The first kappa shape index (κ1) is 15.2. The summed E-state index contributed by atoms with van der Waals surface area (Å²) in [6.07, 6.45) is 3.95. The van der Waals surface area contributed by atoms with Gasteiger partial charge in [0.2, 0.25) is 5.91 Å². The molecule has 2 aliphatic rings. The summed E-state index contributed by atoms with van der Waals surface area (Å²) in [4.78, 5) is 11.8. The number of hydrogen-bond donors (Lipinski definition) is 1. The molecule has 1 saturated heterocycles. The molecule has 0 aromatic rings. The lowest BCUT2D eigenvalue weighted by Crippen LogP contribution is -2.35. The van der Waals surface area contributed by atoms with Gasteiger partial charge in [0.25, 0.3) is 0 Å².